The molecule has 21 heavy (non-hydrogen) atoms. The van der Waals surface area contributed by atoms with Gasteiger partial charge in [0, 0.05) is 36.1 Å². The fourth-order valence-corrected chi connectivity index (χ4v) is 2.85. The van der Waals surface area contributed by atoms with Crippen LogP contribution in [0.15, 0.2) is 41.4 Å². The van der Waals surface area contributed by atoms with Crippen LogP contribution in [0.5, 0.6) is 0 Å². The van der Waals surface area contributed by atoms with Crippen LogP contribution in [0, 0.1) is 12.7 Å². The first-order valence-corrected chi connectivity index (χ1v) is 7.83. The van der Waals surface area contributed by atoms with E-state index in [0.29, 0.717) is 6.42 Å². The van der Waals surface area contributed by atoms with Gasteiger partial charge in [-0.05, 0) is 31.2 Å². The molecular formula is C14H16FN3O2S. The van der Waals surface area contributed by atoms with Gasteiger partial charge in [-0.1, -0.05) is 6.07 Å². The van der Waals surface area contributed by atoms with Gasteiger partial charge in [0.2, 0.25) is 10.0 Å². The zero-order chi connectivity index (χ0) is 15.5. The van der Waals surface area contributed by atoms with E-state index in [1.54, 1.807) is 18.3 Å². The lowest BCUT2D eigenvalue weighted by molar-refractivity contribution is 0.576. The Morgan fingerprint density at radius 1 is 1.33 bits per heavy atom. The fraction of sp³-hybridized carbons (Fsp3) is 0.214. The Morgan fingerprint density at radius 3 is 2.71 bits per heavy atom. The highest BCUT2D eigenvalue weighted by atomic mass is 32.2. The highest BCUT2D eigenvalue weighted by Gasteiger charge is 2.17. The van der Waals surface area contributed by atoms with Crippen molar-refractivity contribution < 1.29 is 12.8 Å². The van der Waals surface area contributed by atoms with Crippen molar-refractivity contribution in [2.75, 3.05) is 12.3 Å². The number of pyridine rings is 1. The van der Waals surface area contributed by atoms with Crippen LogP contribution in [-0.4, -0.2) is 19.9 Å². The van der Waals surface area contributed by atoms with Crippen molar-refractivity contribution in [2.24, 2.45) is 0 Å². The molecule has 3 N–H and O–H groups in total. The van der Waals surface area contributed by atoms with Crippen molar-refractivity contribution in [3.05, 3.63) is 53.6 Å². The number of anilines is 1. The first kappa shape index (κ1) is 15.4. The van der Waals surface area contributed by atoms with Gasteiger partial charge in [-0.25, -0.2) is 17.5 Å². The highest BCUT2D eigenvalue weighted by molar-refractivity contribution is 7.89. The molecule has 0 aliphatic heterocycles. The molecule has 0 bridgehead atoms. The Morgan fingerprint density at radius 2 is 2.10 bits per heavy atom. The number of halogens is 1. The topological polar surface area (TPSA) is 85.1 Å². The largest absolute Gasteiger partial charge is 0.398 e. The summed E-state index contributed by atoms with van der Waals surface area (Å²) in [5.41, 5.74) is 6.72. The minimum absolute atomic E-state index is 0.111. The number of sulfonamides is 1. The van der Waals surface area contributed by atoms with Gasteiger partial charge in [0.15, 0.2) is 0 Å². The van der Waals surface area contributed by atoms with Crippen LogP contribution in [-0.2, 0) is 16.4 Å². The van der Waals surface area contributed by atoms with Crippen LogP contribution >= 0.6 is 0 Å². The Labute approximate surface area is 123 Å². The molecule has 0 spiro atoms. The number of hydrogen-bond donors (Lipinski definition) is 2. The zero-order valence-corrected chi connectivity index (χ0v) is 12.3. The normalized spacial score (nSPS) is 11.5. The monoisotopic (exact) mass is 309 g/mol. The smallest absolute Gasteiger partial charge is 0.240 e. The molecule has 0 amide bonds. The number of nitrogens with zero attached hydrogens (tertiary/aromatic N) is 1. The third kappa shape index (κ3) is 3.77. The minimum atomic E-state index is -3.79. The summed E-state index contributed by atoms with van der Waals surface area (Å²) in [6.07, 6.45) is 2.09. The lowest BCUT2D eigenvalue weighted by Gasteiger charge is -2.09. The van der Waals surface area contributed by atoms with Crippen LogP contribution in [0.1, 0.15) is 11.3 Å². The van der Waals surface area contributed by atoms with E-state index >= 15 is 0 Å². The van der Waals surface area contributed by atoms with E-state index < -0.39 is 15.8 Å². The van der Waals surface area contributed by atoms with Crippen LogP contribution in [0.4, 0.5) is 10.1 Å². The summed E-state index contributed by atoms with van der Waals surface area (Å²) in [4.78, 5) is 3.92. The molecule has 2 rings (SSSR count). The third-order valence-electron chi connectivity index (χ3n) is 3.07. The predicted octanol–water partition coefficient (Wildman–Crippen LogP) is 1.63. The first-order valence-electron chi connectivity index (χ1n) is 6.35. The van der Waals surface area contributed by atoms with Crippen molar-refractivity contribution in [1.82, 2.24) is 9.71 Å². The molecular weight excluding hydrogens is 293 g/mol. The van der Waals surface area contributed by atoms with Gasteiger partial charge in [-0.15, -0.1) is 0 Å². The molecule has 0 radical (unpaired) electrons. The predicted molar refractivity (Wildman–Crippen MR) is 78.7 cm³/mol. The molecule has 112 valence electrons. The summed E-state index contributed by atoms with van der Waals surface area (Å²) in [5.74, 6) is -0.639. The first-order chi connectivity index (χ1) is 9.90. The Kier molecular flexibility index (Phi) is 4.54. The standard InChI is InChI=1S/C14H16FN3O2S/c1-10-13(15)8-12(9-14(10)16)21(19,20)18-7-5-11-4-2-3-6-17-11/h2-4,6,8-9,18H,5,7,16H2,1H3. The van der Waals surface area contributed by atoms with E-state index in [1.165, 1.54) is 13.0 Å². The maximum Gasteiger partial charge on any atom is 0.240 e. The number of nitrogen functional groups attached to an aromatic ring is 1. The molecule has 0 atom stereocenters. The van der Waals surface area contributed by atoms with Crippen LogP contribution in [0.2, 0.25) is 0 Å². The van der Waals surface area contributed by atoms with E-state index in [0.717, 1.165) is 11.8 Å². The second-order valence-corrected chi connectivity index (χ2v) is 6.36. The van der Waals surface area contributed by atoms with Gasteiger partial charge in [-0.2, -0.15) is 0 Å². The molecule has 7 heteroatoms. The van der Waals surface area contributed by atoms with Gasteiger partial charge < -0.3 is 5.73 Å². The number of nitrogens with two attached hydrogens (primary N) is 1. The SMILES string of the molecule is Cc1c(N)cc(S(=O)(=O)NCCc2ccccn2)cc1F. The zero-order valence-electron chi connectivity index (χ0n) is 11.5. The van der Waals surface area contributed by atoms with Crippen molar-refractivity contribution in [3.8, 4) is 0 Å². The number of nitrogens with one attached hydrogen (secondary N) is 1. The molecule has 0 aliphatic rings. The van der Waals surface area contributed by atoms with Crippen molar-refractivity contribution >= 4 is 15.7 Å². The maximum atomic E-state index is 13.6. The molecule has 0 unspecified atom stereocenters. The second kappa shape index (κ2) is 6.19. The summed E-state index contributed by atoms with van der Waals surface area (Å²) >= 11 is 0. The van der Waals surface area contributed by atoms with Gasteiger partial charge >= 0.3 is 0 Å². The molecule has 1 aromatic heterocycles. The van der Waals surface area contributed by atoms with Crippen molar-refractivity contribution in [1.29, 1.82) is 0 Å². The highest BCUT2D eigenvalue weighted by Crippen LogP contribution is 2.20. The van der Waals surface area contributed by atoms with E-state index in [1.807, 2.05) is 6.07 Å². The van der Waals surface area contributed by atoms with E-state index in [9.17, 15) is 12.8 Å². The Hall–Kier alpha value is -1.99. The van der Waals surface area contributed by atoms with E-state index in [2.05, 4.69) is 9.71 Å². The van der Waals surface area contributed by atoms with E-state index in [-0.39, 0.29) is 22.7 Å². The van der Waals surface area contributed by atoms with Crippen LogP contribution < -0.4 is 10.5 Å². The molecule has 0 fully saturated rings. The summed E-state index contributed by atoms with van der Waals surface area (Å²) in [5, 5.41) is 0. The van der Waals surface area contributed by atoms with Crippen molar-refractivity contribution in [3.63, 3.8) is 0 Å². The lowest BCUT2D eigenvalue weighted by Crippen LogP contribution is -2.26. The summed E-state index contributed by atoms with van der Waals surface area (Å²) < 4.78 is 40.2. The Balaban J connectivity index is 2.09. The number of benzene rings is 1. The van der Waals surface area contributed by atoms with Crippen LogP contribution in [0.3, 0.4) is 0 Å². The lowest BCUT2D eigenvalue weighted by atomic mass is 10.2. The third-order valence-corrected chi connectivity index (χ3v) is 4.51. The summed E-state index contributed by atoms with van der Waals surface area (Å²) in [7, 11) is -3.79. The van der Waals surface area contributed by atoms with Gasteiger partial charge in [-0.3, -0.25) is 4.98 Å². The fourth-order valence-electron chi connectivity index (χ4n) is 1.77. The molecule has 5 nitrogen and oxygen atoms in total. The number of rotatable bonds is 5. The molecule has 1 heterocycles. The number of aromatic nitrogens is 1. The average Bonchev–Trinajstić information content (AvgIpc) is 2.45. The van der Waals surface area contributed by atoms with Gasteiger partial charge in [0.25, 0.3) is 0 Å². The summed E-state index contributed by atoms with van der Waals surface area (Å²) in [6.45, 7) is 1.67. The van der Waals surface area contributed by atoms with Crippen molar-refractivity contribution in [2.45, 2.75) is 18.2 Å². The molecule has 0 saturated heterocycles. The van der Waals surface area contributed by atoms with E-state index in [4.69, 9.17) is 5.73 Å². The average molecular weight is 309 g/mol. The minimum Gasteiger partial charge on any atom is -0.398 e. The van der Waals surface area contributed by atoms with Gasteiger partial charge in [0.1, 0.15) is 5.82 Å². The Bertz CT molecular complexity index is 710. The molecule has 0 aliphatic carbocycles. The second-order valence-electron chi connectivity index (χ2n) is 4.59. The molecule has 2 aromatic rings. The molecule has 1 aromatic carbocycles. The molecule has 0 saturated carbocycles. The van der Waals surface area contributed by atoms with Crippen LogP contribution in [0.25, 0.3) is 0 Å². The number of hydrogen-bond acceptors (Lipinski definition) is 4. The maximum absolute atomic E-state index is 13.6. The van der Waals surface area contributed by atoms with Gasteiger partial charge in [0.05, 0.1) is 4.90 Å². The summed E-state index contributed by atoms with van der Waals surface area (Å²) in [6, 6.07) is 7.63. The quantitative estimate of drug-likeness (QED) is 0.822.